The van der Waals surface area contributed by atoms with E-state index in [0.29, 0.717) is 0 Å². The fourth-order valence-corrected chi connectivity index (χ4v) is 2.86. The summed E-state index contributed by atoms with van der Waals surface area (Å²) in [5, 5.41) is 2.89. The van der Waals surface area contributed by atoms with Crippen molar-refractivity contribution in [1.82, 2.24) is 0 Å². The summed E-state index contributed by atoms with van der Waals surface area (Å²) in [6.45, 7) is 10.1. The molecule has 4 heteroatoms. The molecular weight excluding hydrogens is 354 g/mol. The van der Waals surface area contributed by atoms with Crippen molar-refractivity contribution in [2.75, 3.05) is 11.9 Å². The number of carbonyl (C=O) groups is 1. The normalized spacial score (nSPS) is 10.5. The Morgan fingerprint density at radius 2 is 1.74 bits per heavy atom. The number of nitrogens with one attached hydrogen (secondary N) is 1. The van der Waals surface area contributed by atoms with Crippen molar-refractivity contribution < 1.29 is 9.53 Å². The van der Waals surface area contributed by atoms with Crippen LogP contribution in [0.2, 0.25) is 0 Å². The molecule has 0 saturated heterocycles. The summed E-state index contributed by atoms with van der Waals surface area (Å²) in [6, 6.07) is 7.90. The van der Waals surface area contributed by atoms with Gasteiger partial charge < -0.3 is 10.1 Å². The number of halogens is 1. The summed E-state index contributed by atoms with van der Waals surface area (Å²) < 4.78 is 6.80. The molecule has 2 rings (SSSR count). The zero-order chi connectivity index (χ0) is 17.1. The highest BCUT2D eigenvalue weighted by Gasteiger charge is 2.11. The molecule has 0 saturated carbocycles. The average Bonchev–Trinajstić information content (AvgIpc) is 2.50. The van der Waals surface area contributed by atoms with Crippen LogP contribution < -0.4 is 10.1 Å². The third kappa shape index (κ3) is 4.14. The first-order chi connectivity index (χ1) is 10.8. The second kappa shape index (κ2) is 7.18. The molecule has 0 spiro atoms. The Hall–Kier alpha value is -1.81. The van der Waals surface area contributed by atoms with Crippen molar-refractivity contribution in [1.29, 1.82) is 0 Å². The largest absolute Gasteiger partial charge is 0.483 e. The summed E-state index contributed by atoms with van der Waals surface area (Å²) in [5.74, 6) is 0.591. The highest BCUT2D eigenvalue weighted by molar-refractivity contribution is 9.10. The van der Waals surface area contributed by atoms with E-state index >= 15 is 0 Å². The van der Waals surface area contributed by atoms with Crippen molar-refractivity contribution in [3.05, 3.63) is 56.6 Å². The van der Waals surface area contributed by atoms with Gasteiger partial charge in [0.1, 0.15) is 5.75 Å². The van der Waals surface area contributed by atoms with Gasteiger partial charge in [0.2, 0.25) is 0 Å². The molecule has 0 aliphatic carbocycles. The fourth-order valence-electron chi connectivity index (χ4n) is 2.45. The minimum Gasteiger partial charge on any atom is -0.483 e. The second-order valence-corrected chi connectivity index (χ2v) is 6.70. The van der Waals surface area contributed by atoms with Gasteiger partial charge in [-0.3, -0.25) is 4.79 Å². The molecule has 23 heavy (non-hydrogen) atoms. The molecule has 0 heterocycles. The number of carbonyl (C=O) groups excluding carboxylic acids is 1. The Bertz CT molecular complexity index is 754. The van der Waals surface area contributed by atoms with E-state index in [1.165, 1.54) is 5.56 Å². The maximum Gasteiger partial charge on any atom is 0.262 e. The van der Waals surface area contributed by atoms with Crippen LogP contribution in [0.4, 0.5) is 5.69 Å². The van der Waals surface area contributed by atoms with Gasteiger partial charge >= 0.3 is 0 Å². The van der Waals surface area contributed by atoms with Crippen LogP contribution in [0, 0.1) is 34.6 Å². The van der Waals surface area contributed by atoms with Gasteiger partial charge in [0.05, 0.1) is 0 Å². The van der Waals surface area contributed by atoms with Crippen LogP contribution in [0.1, 0.15) is 27.8 Å². The van der Waals surface area contributed by atoms with E-state index in [0.717, 1.165) is 38.2 Å². The van der Waals surface area contributed by atoms with Crippen LogP contribution in [0.3, 0.4) is 0 Å². The van der Waals surface area contributed by atoms with Gasteiger partial charge in [0, 0.05) is 10.2 Å². The van der Waals surface area contributed by atoms with E-state index in [1.54, 1.807) is 0 Å². The SMILES string of the molecule is Cc1ccc(NC(=O)COc2cc(C)c(Br)c(C)c2C)c(C)c1. The summed E-state index contributed by atoms with van der Waals surface area (Å²) in [5.41, 5.74) is 6.32. The van der Waals surface area contributed by atoms with Crippen LogP contribution >= 0.6 is 15.9 Å². The van der Waals surface area contributed by atoms with Crippen LogP contribution in [-0.2, 0) is 4.79 Å². The molecule has 122 valence electrons. The van der Waals surface area contributed by atoms with E-state index in [9.17, 15) is 4.79 Å². The fraction of sp³-hybridized carbons (Fsp3) is 0.316. The quantitative estimate of drug-likeness (QED) is 0.815. The molecule has 0 unspecified atom stereocenters. The van der Waals surface area contributed by atoms with Gasteiger partial charge in [0.15, 0.2) is 6.61 Å². The summed E-state index contributed by atoms with van der Waals surface area (Å²) in [6.07, 6.45) is 0. The predicted molar refractivity (Wildman–Crippen MR) is 98.4 cm³/mol. The summed E-state index contributed by atoms with van der Waals surface area (Å²) in [4.78, 5) is 12.1. The molecule has 1 amide bonds. The predicted octanol–water partition coefficient (Wildman–Crippen LogP) is 5.01. The molecular formula is C19H22BrNO2. The lowest BCUT2D eigenvalue weighted by Crippen LogP contribution is -2.21. The monoisotopic (exact) mass is 375 g/mol. The molecule has 3 nitrogen and oxygen atoms in total. The zero-order valence-corrected chi connectivity index (χ0v) is 15.8. The average molecular weight is 376 g/mol. The van der Waals surface area contributed by atoms with E-state index < -0.39 is 0 Å². The topological polar surface area (TPSA) is 38.3 Å². The third-order valence-corrected chi connectivity index (χ3v) is 5.19. The van der Waals surface area contributed by atoms with Crippen molar-refractivity contribution in [2.24, 2.45) is 0 Å². The van der Waals surface area contributed by atoms with Gasteiger partial charge in [0.25, 0.3) is 5.91 Å². The number of hydrogen-bond donors (Lipinski definition) is 1. The van der Waals surface area contributed by atoms with Crippen molar-refractivity contribution >= 4 is 27.5 Å². The minimum absolute atomic E-state index is 0.00529. The van der Waals surface area contributed by atoms with Gasteiger partial charge in [-0.15, -0.1) is 0 Å². The van der Waals surface area contributed by atoms with Gasteiger partial charge in [-0.05, 0) is 69.0 Å². The Morgan fingerprint density at radius 1 is 1.04 bits per heavy atom. The number of amides is 1. The first-order valence-corrected chi connectivity index (χ1v) is 8.35. The zero-order valence-electron chi connectivity index (χ0n) is 14.2. The lowest BCUT2D eigenvalue weighted by atomic mass is 10.1. The number of hydrogen-bond acceptors (Lipinski definition) is 2. The number of ether oxygens (including phenoxy) is 1. The van der Waals surface area contributed by atoms with Crippen LogP contribution in [-0.4, -0.2) is 12.5 Å². The van der Waals surface area contributed by atoms with Crippen molar-refractivity contribution in [3.63, 3.8) is 0 Å². The van der Waals surface area contributed by atoms with Crippen LogP contribution in [0.15, 0.2) is 28.7 Å². The number of benzene rings is 2. The Kier molecular flexibility index (Phi) is 5.47. The van der Waals surface area contributed by atoms with Crippen LogP contribution in [0.5, 0.6) is 5.75 Å². The lowest BCUT2D eigenvalue weighted by Gasteiger charge is -2.15. The standard InChI is InChI=1S/C19H22BrNO2/c1-11-6-7-16(12(2)8-11)21-18(22)10-23-17-9-13(3)19(20)15(5)14(17)4/h6-9H,10H2,1-5H3,(H,21,22). The van der Waals surface area contributed by atoms with Gasteiger partial charge in [-0.2, -0.15) is 0 Å². The lowest BCUT2D eigenvalue weighted by molar-refractivity contribution is -0.118. The Balaban J connectivity index is 2.05. The molecule has 2 aromatic carbocycles. The van der Waals surface area contributed by atoms with Crippen LogP contribution in [0.25, 0.3) is 0 Å². The molecule has 0 aliphatic rings. The molecule has 0 atom stereocenters. The van der Waals surface area contributed by atoms with Crippen molar-refractivity contribution in [3.8, 4) is 5.75 Å². The molecule has 0 bridgehead atoms. The van der Waals surface area contributed by atoms with E-state index in [4.69, 9.17) is 4.74 Å². The number of rotatable bonds is 4. The molecule has 0 fully saturated rings. The first-order valence-electron chi connectivity index (χ1n) is 7.55. The highest BCUT2D eigenvalue weighted by atomic mass is 79.9. The maximum atomic E-state index is 12.1. The molecule has 1 N–H and O–H groups in total. The first kappa shape index (κ1) is 17.5. The number of anilines is 1. The second-order valence-electron chi connectivity index (χ2n) is 5.91. The van der Waals surface area contributed by atoms with Crippen molar-refractivity contribution in [2.45, 2.75) is 34.6 Å². The Morgan fingerprint density at radius 3 is 2.39 bits per heavy atom. The number of aryl methyl sites for hydroxylation is 3. The summed E-state index contributed by atoms with van der Waals surface area (Å²) in [7, 11) is 0. The Labute approximate surface area is 146 Å². The van der Waals surface area contributed by atoms with E-state index in [-0.39, 0.29) is 12.5 Å². The molecule has 0 radical (unpaired) electrons. The molecule has 0 aliphatic heterocycles. The van der Waals surface area contributed by atoms with E-state index in [2.05, 4.69) is 21.2 Å². The summed E-state index contributed by atoms with van der Waals surface area (Å²) >= 11 is 3.57. The maximum absolute atomic E-state index is 12.1. The smallest absolute Gasteiger partial charge is 0.262 e. The van der Waals surface area contributed by atoms with Gasteiger partial charge in [-0.25, -0.2) is 0 Å². The highest BCUT2D eigenvalue weighted by Crippen LogP contribution is 2.31. The van der Waals surface area contributed by atoms with E-state index in [1.807, 2.05) is 58.9 Å². The molecule has 2 aromatic rings. The van der Waals surface area contributed by atoms with Gasteiger partial charge in [-0.1, -0.05) is 33.6 Å². The third-order valence-electron chi connectivity index (χ3n) is 3.97. The molecule has 0 aromatic heterocycles. The minimum atomic E-state index is -0.158.